The maximum atomic E-state index is 4.56. The van der Waals surface area contributed by atoms with E-state index in [1.807, 2.05) is 18.2 Å². The summed E-state index contributed by atoms with van der Waals surface area (Å²) in [7, 11) is 0. The van der Waals surface area contributed by atoms with E-state index < -0.39 is 0 Å². The van der Waals surface area contributed by atoms with Gasteiger partial charge in [0, 0.05) is 43.7 Å². The summed E-state index contributed by atoms with van der Waals surface area (Å²) in [6.07, 6.45) is 0. The topological polar surface area (TPSA) is 45.2 Å². The molecule has 1 aliphatic heterocycles. The van der Waals surface area contributed by atoms with Gasteiger partial charge in [-0.1, -0.05) is 41.7 Å². The Bertz CT molecular complexity index is 790. The summed E-state index contributed by atoms with van der Waals surface area (Å²) in [5, 5.41) is 14.1. The molecule has 0 aliphatic carbocycles. The van der Waals surface area contributed by atoms with Gasteiger partial charge in [0.15, 0.2) is 0 Å². The fraction of sp³-hybridized carbons (Fsp3) is 0.353. The summed E-state index contributed by atoms with van der Waals surface area (Å²) < 4.78 is 0. The smallest absolute Gasteiger partial charge is 0.208 e. The summed E-state index contributed by atoms with van der Waals surface area (Å²) in [4.78, 5) is 9.36. The molecule has 5 nitrogen and oxygen atoms in total. The lowest BCUT2D eigenvalue weighted by molar-refractivity contribution is 0.247. The number of piperazine rings is 1. The summed E-state index contributed by atoms with van der Waals surface area (Å²) in [5.74, 6) is 0. The lowest BCUT2D eigenvalue weighted by atomic mass is 10.2. The van der Waals surface area contributed by atoms with E-state index in [1.54, 1.807) is 22.7 Å². The van der Waals surface area contributed by atoms with Crippen molar-refractivity contribution in [2.75, 3.05) is 31.1 Å². The zero-order valence-electron chi connectivity index (χ0n) is 13.6. The molecule has 2 aromatic heterocycles. The third-order valence-electron chi connectivity index (χ3n) is 4.13. The second-order valence-corrected chi connectivity index (χ2v) is 7.90. The molecule has 1 aliphatic rings. The zero-order valence-corrected chi connectivity index (χ0v) is 15.2. The maximum Gasteiger partial charge on any atom is 0.208 e. The molecular weight excluding hydrogens is 338 g/mol. The Kier molecular flexibility index (Phi) is 4.55. The van der Waals surface area contributed by atoms with Gasteiger partial charge in [0.25, 0.3) is 0 Å². The van der Waals surface area contributed by atoms with E-state index in [2.05, 4.69) is 49.4 Å². The first kappa shape index (κ1) is 15.7. The van der Waals surface area contributed by atoms with Crippen LogP contribution >= 0.6 is 22.7 Å². The van der Waals surface area contributed by atoms with Gasteiger partial charge in [-0.15, -0.1) is 21.5 Å². The lowest BCUT2D eigenvalue weighted by Crippen LogP contribution is -2.46. The number of nitrogens with zero attached hydrogens (tertiary/aromatic N) is 5. The maximum absolute atomic E-state index is 4.56. The van der Waals surface area contributed by atoms with Crippen molar-refractivity contribution in [1.29, 1.82) is 0 Å². The van der Waals surface area contributed by atoms with E-state index in [9.17, 15) is 0 Å². The molecule has 1 saturated heterocycles. The number of aromatic nitrogens is 3. The molecule has 7 heteroatoms. The minimum Gasteiger partial charge on any atom is -0.344 e. The summed E-state index contributed by atoms with van der Waals surface area (Å²) >= 11 is 3.40. The second kappa shape index (κ2) is 6.96. The number of anilines is 1. The highest BCUT2D eigenvalue weighted by atomic mass is 32.1. The molecule has 1 fully saturated rings. The molecular formula is C17H19N5S2. The van der Waals surface area contributed by atoms with Crippen LogP contribution in [0.2, 0.25) is 0 Å². The van der Waals surface area contributed by atoms with Crippen LogP contribution < -0.4 is 4.90 Å². The Balaban J connectivity index is 1.37. The van der Waals surface area contributed by atoms with Gasteiger partial charge < -0.3 is 4.90 Å². The van der Waals surface area contributed by atoms with Crippen molar-refractivity contribution in [3.63, 3.8) is 0 Å². The third-order valence-corrected chi connectivity index (χ3v) is 5.99. The standard InChI is InChI=1S/C17H19N5S2/c1-13-18-15(12-23-13)11-21-7-9-22(10-8-21)17-20-19-16(24-17)14-5-3-2-4-6-14/h2-6,12H,7-11H2,1H3. The van der Waals surface area contributed by atoms with E-state index in [0.29, 0.717) is 0 Å². The molecule has 0 amide bonds. The van der Waals surface area contributed by atoms with Gasteiger partial charge in [-0.25, -0.2) is 4.98 Å². The quantitative estimate of drug-likeness (QED) is 0.717. The van der Waals surface area contributed by atoms with Gasteiger partial charge in [-0.3, -0.25) is 4.90 Å². The van der Waals surface area contributed by atoms with E-state index in [1.165, 1.54) is 5.69 Å². The van der Waals surface area contributed by atoms with Crippen LogP contribution in [0.25, 0.3) is 10.6 Å². The van der Waals surface area contributed by atoms with Crippen molar-refractivity contribution in [2.45, 2.75) is 13.5 Å². The average Bonchev–Trinajstić information content (AvgIpc) is 3.26. The molecule has 1 aromatic carbocycles. The van der Waals surface area contributed by atoms with Crippen molar-refractivity contribution in [1.82, 2.24) is 20.1 Å². The molecule has 124 valence electrons. The predicted molar refractivity (Wildman–Crippen MR) is 99.7 cm³/mol. The van der Waals surface area contributed by atoms with Crippen LogP contribution in [-0.4, -0.2) is 46.3 Å². The van der Waals surface area contributed by atoms with Gasteiger partial charge in [0.1, 0.15) is 5.01 Å². The minimum atomic E-state index is 0.948. The van der Waals surface area contributed by atoms with Crippen molar-refractivity contribution in [2.24, 2.45) is 0 Å². The molecule has 4 rings (SSSR count). The van der Waals surface area contributed by atoms with Crippen LogP contribution in [0.15, 0.2) is 35.7 Å². The molecule has 0 bridgehead atoms. The number of thiazole rings is 1. The second-order valence-electron chi connectivity index (χ2n) is 5.88. The SMILES string of the molecule is Cc1nc(CN2CCN(c3nnc(-c4ccccc4)s3)CC2)cs1. The average molecular weight is 358 g/mol. The molecule has 0 atom stereocenters. The monoisotopic (exact) mass is 357 g/mol. The highest BCUT2D eigenvalue weighted by Gasteiger charge is 2.21. The van der Waals surface area contributed by atoms with Crippen LogP contribution in [0.3, 0.4) is 0 Å². The predicted octanol–water partition coefficient (Wildman–Crippen LogP) is 3.29. The van der Waals surface area contributed by atoms with Crippen LogP contribution in [-0.2, 0) is 6.54 Å². The summed E-state index contributed by atoms with van der Waals surface area (Å²) in [5.41, 5.74) is 2.33. The summed E-state index contributed by atoms with van der Waals surface area (Å²) in [6.45, 7) is 7.07. The first-order valence-corrected chi connectivity index (χ1v) is 9.75. The Morgan fingerprint density at radius 1 is 1.04 bits per heavy atom. The number of benzene rings is 1. The van der Waals surface area contributed by atoms with Gasteiger partial charge >= 0.3 is 0 Å². The largest absolute Gasteiger partial charge is 0.344 e. The third kappa shape index (κ3) is 3.48. The molecule has 24 heavy (non-hydrogen) atoms. The van der Waals surface area contributed by atoms with Crippen molar-refractivity contribution in [3.8, 4) is 10.6 Å². The number of hydrogen-bond acceptors (Lipinski definition) is 7. The Hall–Kier alpha value is -1.83. The first-order valence-electron chi connectivity index (χ1n) is 8.05. The highest BCUT2D eigenvalue weighted by Crippen LogP contribution is 2.29. The van der Waals surface area contributed by atoms with Crippen LogP contribution in [0.4, 0.5) is 5.13 Å². The molecule has 0 N–H and O–H groups in total. The van der Waals surface area contributed by atoms with Crippen molar-refractivity contribution < 1.29 is 0 Å². The minimum absolute atomic E-state index is 0.948. The molecule has 0 radical (unpaired) electrons. The van der Waals surface area contributed by atoms with Gasteiger partial charge in [0.2, 0.25) is 5.13 Å². The normalized spacial score (nSPS) is 15.8. The van der Waals surface area contributed by atoms with Gasteiger partial charge in [-0.2, -0.15) is 0 Å². The molecule has 3 aromatic rings. The number of rotatable bonds is 4. The van der Waals surface area contributed by atoms with Crippen LogP contribution in [0.1, 0.15) is 10.7 Å². The lowest BCUT2D eigenvalue weighted by Gasteiger charge is -2.33. The highest BCUT2D eigenvalue weighted by molar-refractivity contribution is 7.18. The Morgan fingerprint density at radius 2 is 1.83 bits per heavy atom. The number of aryl methyl sites for hydroxylation is 1. The first-order chi connectivity index (χ1) is 11.8. The van der Waals surface area contributed by atoms with Crippen molar-refractivity contribution in [3.05, 3.63) is 46.4 Å². The van der Waals surface area contributed by atoms with E-state index >= 15 is 0 Å². The van der Waals surface area contributed by atoms with Crippen LogP contribution in [0.5, 0.6) is 0 Å². The fourth-order valence-electron chi connectivity index (χ4n) is 2.85. The van der Waals surface area contributed by atoms with Gasteiger partial charge in [0.05, 0.1) is 10.7 Å². The molecule has 0 unspecified atom stereocenters. The van der Waals surface area contributed by atoms with E-state index in [4.69, 9.17) is 0 Å². The molecule has 3 heterocycles. The van der Waals surface area contributed by atoms with Gasteiger partial charge in [-0.05, 0) is 6.92 Å². The zero-order chi connectivity index (χ0) is 16.4. The van der Waals surface area contributed by atoms with E-state index in [0.717, 1.165) is 53.4 Å². The van der Waals surface area contributed by atoms with Crippen LogP contribution in [0, 0.1) is 6.92 Å². The summed E-state index contributed by atoms with van der Waals surface area (Å²) in [6, 6.07) is 10.3. The fourth-order valence-corrected chi connectivity index (χ4v) is 4.35. The van der Waals surface area contributed by atoms with E-state index in [-0.39, 0.29) is 0 Å². The molecule has 0 saturated carbocycles. The Labute approximate surface area is 149 Å². The Morgan fingerprint density at radius 3 is 2.54 bits per heavy atom. The molecule has 0 spiro atoms. The number of hydrogen-bond donors (Lipinski definition) is 0. The van der Waals surface area contributed by atoms with Crippen molar-refractivity contribution >= 4 is 27.8 Å².